The predicted octanol–water partition coefficient (Wildman–Crippen LogP) is 2.38. The molecule has 70 valence electrons. The molecule has 1 rings (SSSR count). The zero-order chi connectivity index (χ0) is 8.97. The van der Waals surface area contributed by atoms with Gasteiger partial charge in [-0.15, -0.1) is 0 Å². The SMILES string of the molecule is CC(CSC1CCCC1)C(=O)O. The van der Waals surface area contributed by atoms with E-state index < -0.39 is 5.97 Å². The van der Waals surface area contributed by atoms with E-state index in [1.54, 1.807) is 6.92 Å². The van der Waals surface area contributed by atoms with Crippen LogP contribution in [0.5, 0.6) is 0 Å². The van der Waals surface area contributed by atoms with E-state index in [1.807, 2.05) is 11.8 Å². The van der Waals surface area contributed by atoms with Gasteiger partial charge in [-0.1, -0.05) is 19.8 Å². The van der Waals surface area contributed by atoms with Gasteiger partial charge < -0.3 is 5.11 Å². The van der Waals surface area contributed by atoms with Crippen molar-refractivity contribution in [1.82, 2.24) is 0 Å². The zero-order valence-electron chi connectivity index (χ0n) is 7.45. The molecule has 0 radical (unpaired) electrons. The van der Waals surface area contributed by atoms with Crippen LogP contribution in [-0.4, -0.2) is 22.1 Å². The Morgan fingerprint density at radius 2 is 2.17 bits per heavy atom. The largest absolute Gasteiger partial charge is 0.481 e. The number of rotatable bonds is 4. The first-order valence-corrected chi connectivity index (χ1v) is 5.59. The molecule has 0 aromatic carbocycles. The summed E-state index contributed by atoms with van der Waals surface area (Å²) in [6.45, 7) is 1.78. The second kappa shape index (κ2) is 4.75. The van der Waals surface area contributed by atoms with Crippen molar-refractivity contribution in [2.45, 2.75) is 37.9 Å². The highest BCUT2D eigenvalue weighted by Gasteiger charge is 2.18. The Morgan fingerprint density at radius 1 is 1.58 bits per heavy atom. The van der Waals surface area contributed by atoms with Crippen LogP contribution in [0.4, 0.5) is 0 Å². The van der Waals surface area contributed by atoms with Crippen LogP contribution in [0.3, 0.4) is 0 Å². The summed E-state index contributed by atoms with van der Waals surface area (Å²) in [5.41, 5.74) is 0. The van der Waals surface area contributed by atoms with Crippen LogP contribution in [0.2, 0.25) is 0 Å². The molecule has 3 heteroatoms. The van der Waals surface area contributed by atoms with Crippen LogP contribution in [0.25, 0.3) is 0 Å². The van der Waals surface area contributed by atoms with Gasteiger partial charge in [0.2, 0.25) is 0 Å². The van der Waals surface area contributed by atoms with Crippen molar-refractivity contribution in [3.63, 3.8) is 0 Å². The lowest BCUT2D eigenvalue weighted by atomic mass is 10.2. The molecule has 12 heavy (non-hydrogen) atoms. The van der Waals surface area contributed by atoms with Gasteiger partial charge in [-0.3, -0.25) is 4.79 Å². The average molecular weight is 188 g/mol. The van der Waals surface area contributed by atoms with Crippen LogP contribution < -0.4 is 0 Å². The third-order valence-corrected chi connectivity index (χ3v) is 3.94. The monoisotopic (exact) mass is 188 g/mol. The minimum atomic E-state index is -0.666. The number of hydrogen-bond donors (Lipinski definition) is 1. The van der Waals surface area contributed by atoms with E-state index in [2.05, 4.69) is 0 Å². The van der Waals surface area contributed by atoms with Gasteiger partial charge in [0, 0.05) is 11.0 Å². The molecule has 0 aromatic rings. The first kappa shape index (κ1) is 9.90. The lowest BCUT2D eigenvalue weighted by Gasteiger charge is -2.10. The van der Waals surface area contributed by atoms with E-state index in [-0.39, 0.29) is 5.92 Å². The van der Waals surface area contributed by atoms with Crippen LogP contribution in [0, 0.1) is 5.92 Å². The molecule has 1 N–H and O–H groups in total. The molecule has 0 spiro atoms. The first-order valence-electron chi connectivity index (χ1n) is 4.54. The fourth-order valence-corrected chi connectivity index (χ4v) is 2.78. The predicted molar refractivity (Wildman–Crippen MR) is 51.5 cm³/mol. The smallest absolute Gasteiger partial charge is 0.307 e. The zero-order valence-corrected chi connectivity index (χ0v) is 8.27. The maximum absolute atomic E-state index is 10.5. The third kappa shape index (κ3) is 3.05. The fraction of sp³-hybridized carbons (Fsp3) is 0.889. The van der Waals surface area contributed by atoms with Gasteiger partial charge in [0.05, 0.1) is 5.92 Å². The highest BCUT2D eigenvalue weighted by Crippen LogP contribution is 2.30. The molecule has 1 fully saturated rings. The molecule has 2 nitrogen and oxygen atoms in total. The number of aliphatic carboxylic acids is 1. The number of hydrogen-bond acceptors (Lipinski definition) is 2. The molecular weight excluding hydrogens is 172 g/mol. The van der Waals surface area contributed by atoms with Gasteiger partial charge >= 0.3 is 5.97 Å². The summed E-state index contributed by atoms with van der Waals surface area (Å²) in [6, 6.07) is 0. The van der Waals surface area contributed by atoms with Crippen LogP contribution in [-0.2, 0) is 4.79 Å². The Balaban J connectivity index is 2.11. The summed E-state index contributed by atoms with van der Waals surface area (Å²) in [5.74, 6) is -0.0731. The van der Waals surface area contributed by atoms with E-state index >= 15 is 0 Å². The Kier molecular flexibility index (Phi) is 3.92. The second-order valence-electron chi connectivity index (χ2n) is 3.48. The van der Waals surface area contributed by atoms with Gasteiger partial charge in [-0.05, 0) is 12.8 Å². The number of carbonyl (C=O) groups is 1. The summed E-state index contributed by atoms with van der Waals surface area (Å²) in [5, 5.41) is 9.38. The van der Waals surface area contributed by atoms with Crippen LogP contribution >= 0.6 is 11.8 Å². The Morgan fingerprint density at radius 3 is 2.67 bits per heavy atom. The van der Waals surface area contributed by atoms with Crippen molar-refractivity contribution >= 4 is 17.7 Å². The highest BCUT2D eigenvalue weighted by molar-refractivity contribution is 7.99. The molecule has 0 bridgehead atoms. The molecule has 1 saturated carbocycles. The summed E-state index contributed by atoms with van der Waals surface area (Å²) in [6.07, 6.45) is 5.24. The van der Waals surface area contributed by atoms with E-state index in [1.165, 1.54) is 25.7 Å². The molecule has 1 aliphatic rings. The minimum Gasteiger partial charge on any atom is -0.481 e. The first-order chi connectivity index (χ1) is 5.70. The molecule has 0 saturated heterocycles. The molecule has 0 aromatic heterocycles. The van der Waals surface area contributed by atoms with Gasteiger partial charge in [0.15, 0.2) is 0 Å². The van der Waals surface area contributed by atoms with Crippen molar-refractivity contribution in [3.8, 4) is 0 Å². The standard InChI is InChI=1S/C9H16O2S/c1-7(9(10)11)6-12-8-4-2-3-5-8/h7-8H,2-6H2,1H3,(H,10,11). The average Bonchev–Trinajstić information content (AvgIpc) is 2.51. The van der Waals surface area contributed by atoms with Crippen molar-refractivity contribution < 1.29 is 9.90 Å². The normalized spacial score (nSPS) is 21.1. The maximum Gasteiger partial charge on any atom is 0.307 e. The minimum absolute atomic E-state index is 0.185. The van der Waals surface area contributed by atoms with Gasteiger partial charge in [-0.25, -0.2) is 0 Å². The summed E-state index contributed by atoms with van der Waals surface area (Å²) < 4.78 is 0. The molecule has 1 unspecified atom stereocenters. The Labute approximate surface area is 77.7 Å². The maximum atomic E-state index is 10.5. The number of carboxylic acid groups (broad SMARTS) is 1. The summed E-state index contributed by atoms with van der Waals surface area (Å²) in [4.78, 5) is 10.5. The van der Waals surface area contributed by atoms with Crippen LogP contribution in [0.1, 0.15) is 32.6 Å². The van der Waals surface area contributed by atoms with Crippen molar-refractivity contribution in [2.75, 3.05) is 5.75 Å². The van der Waals surface area contributed by atoms with Crippen LogP contribution in [0.15, 0.2) is 0 Å². The number of carboxylic acids is 1. The quantitative estimate of drug-likeness (QED) is 0.736. The van der Waals surface area contributed by atoms with Gasteiger partial charge in [-0.2, -0.15) is 11.8 Å². The molecule has 1 aliphatic carbocycles. The Hall–Kier alpha value is -0.180. The van der Waals surface area contributed by atoms with Crippen molar-refractivity contribution in [2.24, 2.45) is 5.92 Å². The van der Waals surface area contributed by atoms with Crippen molar-refractivity contribution in [3.05, 3.63) is 0 Å². The van der Waals surface area contributed by atoms with Gasteiger partial charge in [0.1, 0.15) is 0 Å². The molecule has 1 atom stereocenters. The van der Waals surface area contributed by atoms with E-state index in [9.17, 15) is 4.79 Å². The fourth-order valence-electron chi connectivity index (χ4n) is 1.41. The lowest BCUT2D eigenvalue weighted by molar-refractivity contribution is -0.140. The van der Waals surface area contributed by atoms with E-state index in [4.69, 9.17) is 5.11 Å². The molecule has 0 amide bonds. The van der Waals surface area contributed by atoms with Gasteiger partial charge in [0.25, 0.3) is 0 Å². The molecule has 0 heterocycles. The van der Waals surface area contributed by atoms with E-state index in [0.29, 0.717) is 0 Å². The topological polar surface area (TPSA) is 37.3 Å². The van der Waals surface area contributed by atoms with Crippen molar-refractivity contribution in [1.29, 1.82) is 0 Å². The second-order valence-corrected chi connectivity index (χ2v) is 4.81. The summed E-state index contributed by atoms with van der Waals surface area (Å²) >= 11 is 1.84. The molecular formula is C9H16O2S. The van der Waals surface area contributed by atoms with E-state index in [0.717, 1.165) is 11.0 Å². The highest BCUT2D eigenvalue weighted by atomic mass is 32.2. The summed E-state index contributed by atoms with van der Waals surface area (Å²) in [7, 11) is 0. The lowest BCUT2D eigenvalue weighted by Crippen LogP contribution is -2.13. The molecule has 0 aliphatic heterocycles. The number of thioether (sulfide) groups is 1. The third-order valence-electron chi connectivity index (χ3n) is 2.31. The Bertz CT molecular complexity index is 153.